The molecule has 9 aromatic carbocycles. The van der Waals surface area contributed by atoms with Crippen molar-refractivity contribution in [3.63, 3.8) is 0 Å². The van der Waals surface area contributed by atoms with Crippen LogP contribution in [-0.4, -0.2) is 15.0 Å². The number of fused-ring (bicyclic) bond motifs is 12. The Morgan fingerprint density at radius 3 is 1.67 bits per heavy atom. The highest BCUT2D eigenvalue weighted by Crippen LogP contribution is 2.49. The second kappa shape index (κ2) is 12.3. The Kier molecular flexibility index (Phi) is 6.94. The Hall–Kier alpha value is -7.43. The number of rotatable bonds is 4. The molecule has 0 bridgehead atoms. The van der Waals surface area contributed by atoms with Crippen molar-refractivity contribution >= 4 is 54.3 Å². The van der Waals surface area contributed by atoms with Crippen molar-refractivity contribution in [2.75, 3.05) is 0 Å². The number of furan rings is 1. The zero-order chi connectivity index (χ0) is 38.5. The Balaban J connectivity index is 1.08. The van der Waals surface area contributed by atoms with Crippen LogP contribution in [0.2, 0.25) is 0 Å². The third-order valence-corrected chi connectivity index (χ3v) is 12.3. The maximum atomic E-state index is 6.39. The third-order valence-electron chi connectivity index (χ3n) is 12.3. The van der Waals surface area contributed by atoms with Crippen LogP contribution in [0.4, 0.5) is 0 Å². The largest absolute Gasteiger partial charge is 0.456 e. The molecule has 0 radical (unpaired) electrons. The van der Waals surface area contributed by atoms with Gasteiger partial charge in [-0.25, -0.2) is 15.0 Å². The molecular formula is C54H35N3O. The summed E-state index contributed by atoms with van der Waals surface area (Å²) >= 11 is 0. The highest BCUT2D eigenvalue weighted by molar-refractivity contribution is 6.28. The summed E-state index contributed by atoms with van der Waals surface area (Å²) < 4.78 is 6.39. The number of hydrogen-bond donors (Lipinski definition) is 0. The minimum atomic E-state index is -0.0913. The molecule has 0 spiro atoms. The molecule has 2 aromatic heterocycles. The van der Waals surface area contributed by atoms with Crippen molar-refractivity contribution in [2.45, 2.75) is 19.3 Å². The van der Waals surface area contributed by atoms with Gasteiger partial charge < -0.3 is 4.42 Å². The summed E-state index contributed by atoms with van der Waals surface area (Å²) in [6.45, 7) is 4.62. The van der Waals surface area contributed by atoms with Gasteiger partial charge in [-0.2, -0.15) is 0 Å². The molecular weight excluding hydrogens is 707 g/mol. The van der Waals surface area contributed by atoms with Gasteiger partial charge in [-0.3, -0.25) is 0 Å². The van der Waals surface area contributed by atoms with E-state index >= 15 is 0 Å². The smallest absolute Gasteiger partial charge is 0.164 e. The van der Waals surface area contributed by atoms with E-state index in [1.54, 1.807) is 0 Å². The van der Waals surface area contributed by atoms with E-state index < -0.39 is 0 Å². The van der Waals surface area contributed by atoms with Gasteiger partial charge in [0.05, 0.1) is 0 Å². The summed E-state index contributed by atoms with van der Waals surface area (Å²) in [5, 5.41) is 9.30. The fourth-order valence-corrected chi connectivity index (χ4v) is 9.40. The lowest BCUT2D eigenvalue weighted by Gasteiger charge is -2.21. The molecule has 1 aliphatic carbocycles. The first-order valence-corrected chi connectivity index (χ1v) is 19.8. The summed E-state index contributed by atoms with van der Waals surface area (Å²) in [4.78, 5) is 15.7. The lowest BCUT2D eigenvalue weighted by atomic mass is 9.82. The predicted molar refractivity (Wildman–Crippen MR) is 239 cm³/mol. The quantitative estimate of drug-likeness (QED) is 0.169. The second-order valence-corrected chi connectivity index (χ2v) is 16.0. The van der Waals surface area contributed by atoms with E-state index in [0.717, 1.165) is 65.9 Å². The van der Waals surface area contributed by atoms with E-state index in [2.05, 4.69) is 172 Å². The Morgan fingerprint density at radius 1 is 0.328 bits per heavy atom. The molecule has 4 heteroatoms. The average molecular weight is 742 g/mol. The topological polar surface area (TPSA) is 51.8 Å². The fraction of sp³-hybridized carbons (Fsp3) is 0.0556. The number of hydrogen-bond acceptors (Lipinski definition) is 4. The molecule has 0 unspecified atom stereocenters. The van der Waals surface area contributed by atoms with E-state index in [-0.39, 0.29) is 5.41 Å². The SMILES string of the molecule is CC1(C)c2ccccc2-c2cc(-c3nc(-c4cccc(-c5ccccc5)c4)nc(-c4ccc5c(c4)c4ccccc4c4cc6c(cc54)oc4ccccc46)n3)ccc21. The maximum absolute atomic E-state index is 6.39. The van der Waals surface area contributed by atoms with Gasteiger partial charge in [0, 0.05) is 32.9 Å². The van der Waals surface area contributed by atoms with Gasteiger partial charge in [0.15, 0.2) is 17.5 Å². The van der Waals surface area contributed by atoms with Crippen molar-refractivity contribution < 1.29 is 4.42 Å². The Morgan fingerprint density at radius 2 is 0.879 bits per heavy atom. The molecule has 2 heterocycles. The summed E-state index contributed by atoms with van der Waals surface area (Å²) in [6.07, 6.45) is 0. The molecule has 0 amide bonds. The summed E-state index contributed by atoms with van der Waals surface area (Å²) in [7, 11) is 0. The van der Waals surface area contributed by atoms with Gasteiger partial charge >= 0.3 is 0 Å². The molecule has 272 valence electrons. The first-order chi connectivity index (χ1) is 28.5. The minimum absolute atomic E-state index is 0.0913. The normalized spacial score (nSPS) is 13.1. The zero-order valence-corrected chi connectivity index (χ0v) is 32.0. The third kappa shape index (κ3) is 4.91. The van der Waals surface area contributed by atoms with Crippen molar-refractivity contribution in [1.29, 1.82) is 0 Å². The molecule has 0 N–H and O–H groups in total. The summed E-state index contributed by atoms with van der Waals surface area (Å²) in [5.41, 5.74) is 11.9. The van der Waals surface area contributed by atoms with Crippen LogP contribution in [0.3, 0.4) is 0 Å². The standard InChI is InChI=1S/C54H35N3O/c1-54(2)47-21-10-8-19-40(47)45-29-36(24-26-48(45)54)53-56-51(34-16-12-15-33(27-34)32-13-4-3-5-14-32)55-52(57-53)35-23-25-39-42(28-35)37-17-6-7-18-38(37)43-30-46-41-20-9-11-22-49(41)58-50(46)31-44(39)43/h3-31H,1-2H3. The van der Waals surface area contributed by atoms with Crippen LogP contribution in [-0.2, 0) is 5.41 Å². The molecule has 0 aliphatic heterocycles. The first kappa shape index (κ1) is 32.8. The molecule has 1 aliphatic rings. The molecule has 0 atom stereocenters. The number of aromatic nitrogens is 3. The highest BCUT2D eigenvalue weighted by Gasteiger charge is 2.35. The van der Waals surface area contributed by atoms with E-state index in [4.69, 9.17) is 19.4 Å². The summed E-state index contributed by atoms with van der Waals surface area (Å²) in [5.74, 6) is 1.91. The van der Waals surface area contributed by atoms with Crippen LogP contribution < -0.4 is 0 Å². The van der Waals surface area contributed by atoms with Gasteiger partial charge in [-0.05, 0) is 102 Å². The van der Waals surface area contributed by atoms with Crippen molar-refractivity contribution in [1.82, 2.24) is 15.0 Å². The number of nitrogens with zero attached hydrogens (tertiary/aromatic N) is 3. The predicted octanol–water partition coefficient (Wildman–Crippen LogP) is 14.2. The van der Waals surface area contributed by atoms with Gasteiger partial charge in [-0.15, -0.1) is 0 Å². The van der Waals surface area contributed by atoms with E-state index in [1.165, 1.54) is 38.4 Å². The molecule has 0 saturated heterocycles. The van der Waals surface area contributed by atoms with Gasteiger partial charge in [0.2, 0.25) is 0 Å². The fourth-order valence-electron chi connectivity index (χ4n) is 9.40. The lowest BCUT2D eigenvalue weighted by Crippen LogP contribution is -2.14. The monoisotopic (exact) mass is 741 g/mol. The van der Waals surface area contributed by atoms with Crippen molar-refractivity contribution in [3.8, 4) is 56.4 Å². The lowest BCUT2D eigenvalue weighted by molar-refractivity contribution is 0.660. The Bertz CT molecular complexity index is 3490. The van der Waals surface area contributed by atoms with E-state index in [9.17, 15) is 0 Å². The summed E-state index contributed by atoms with van der Waals surface area (Å²) in [6, 6.07) is 62.5. The average Bonchev–Trinajstić information content (AvgIpc) is 3.76. The van der Waals surface area contributed by atoms with Gasteiger partial charge in [-0.1, -0.05) is 153 Å². The molecule has 58 heavy (non-hydrogen) atoms. The van der Waals surface area contributed by atoms with Crippen LogP contribution in [0.15, 0.2) is 180 Å². The maximum Gasteiger partial charge on any atom is 0.164 e. The van der Waals surface area contributed by atoms with Crippen LogP contribution >= 0.6 is 0 Å². The van der Waals surface area contributed by atoms with Crippen LogP contribution in [0, 0.1) is 0 Å². The minimum Gasteiger partial charge on any atom is -0.456 e. The van der Waals surface area contributed by atoms with Crippen molar-refractivity contribution in [2.24, 2.45) is 0 Å². The molecule has 4 nitrogen and oxygen atoms in total. The molecule has 11 aromatic rings. The Labute approximate surface area is 335 Å². The molecule has 0 saturated carbocycles. The molecule has 0 fully saturated rings. The second-order valence-electron chi connectivity index (χ2n) is 16.0. The number of para-hydroxylation sites is 1. The van der Waals surface area contributed by atoms with Gasteiger partial charge in [0.1, 0.15) is 11.2 Å². The van der Waals surface area contributed by atoms with E-state index in [1.807, 2.05) is 18.2 Å². The van der Waals surface area contributed by atoms with Crippen LogP contribution in [0.5, 0.6) is 0 Å². The highest BCUT2D eigenvalue weighted by atomic mass is 16.3. The first-order valence-electron chi connectivity index (χ1n) is 19.8. The van der Waals surface area contributed by atoms with Gasteiger partial charge in [0.25, 0.3) is 0 Å². The molecule has 12 rings (SSSR count). The van der Waals surface area contributed by atoms with Crippen LogP contribution in [0.25, 0.3) is 111 Å². The zero-order valence-electron chi connectivity index (χ0n) is 32.0. The van der Waals surface area contributed by atoms with E-state index in [0.29, 0.717) is 17.5 Å². The number of benzene rings is 9. The van der Waals surface area contributed by atoms with Crippen LogP contribution in [0.1, 0.15) is 25.0 Å². The van der Waals surface area contributed by atoms with Crippen molar-refractivity contribution in [3.05, 3.63) is 187 Å².